The molecule has 0 saturated carbocycles. The van der Waals surface area contributed by atoms with Gasteiger partial charge in [-0.15, -0.1) is 12.4 Å². The van der Waals surface area contributed by atoms with Crippen molar-refractivity contribution in [2.75, 3.05) is 20.1 Å². The predicted molar refractivity (Wildman–Crippen MR) is 76.2 cm³/mol. The van der Waals surface area contributed by atoms with Crippen LogP contribution in [0.4, 0.5) is 5.69 Å². The molecule has 0 radical (unpaired) electrons. The molecule has 0 bridgehead atoms. The molecule has 0 unspecified atom stereocenters. The van der Waals surface area contributed by atoms with E-state index in [0.717, 1.165) is 13.0 Å². The minimum absolute atomic E-state index is 0. The monoisotopic (exact) mass is 307 g/mol. The van der Waals surface area contributed by atoms with Gasteiger partial charge in [-0.1, -0.05) is 11.6 Å². The summed E-state index contributed by atoms with van der Waals surface area (Å²) < 4.78 is 0. The Balaban J connectivity index is 0.00000324. The highest BCUT2D eigenvalue weighted by Gasteiger charge is 2.19. The van der Waals surface area contributed by atoms with Gasteiger partial charge >= 0.3 is 0 Å². The Kier molecular flexibility index (Phi) is 8.06. The largest absolute Gasteiger partial charge is 0.352 e. The fraction of sp³-hybridized carbons (Fsp3) is 0.364. The van der Waals surface area contributed by atoms with Crippen molar-refractivity contribution in [2.24, 2.45) is 0 Å². The SMILES string of the molecule is CNCCCNC(=O)c1ccc(Cl)cc1[N+](=O)[O-].Cl. The Morgan fingerprint density at radius 3 is 2.68 bits per heavy atom. The van der Waals surface area contributed by atoms with E-state index in [0.29, 0.717) is 6.54 Å². The molecular weight excluding hydrogens is 293 g/mol. The minimum atomic E-state index is -0.617. The van der Waals surface area contributed by atoms with Crippen LogP contribution in [0.2, 0.25) is 5.02 Å². The van der Waals surface area contributed by atoms with Crippen LogP contribution < -0.4 is 10.6 Å². The van der Waals surface area contributed by atoms with Crippen molar-refractivity contribution in [1.29, 1.82) is 0 Å². The first-order chi connectivity index (χ1) is 8.56. The molecule has 8 heteroatoms. The Morgan fingerprint density at radius 1 is 1.42 bits per heavy atom. The molecule has 1 rings (SSSR count). The van der Waals surface area contributed by atoms with Crippen molar-refractivity contribution in [3.05, 3.63) is 38.9 Å². The van der Waals surface area contributed by atoms with Crippen LogP contribution in [0.5, 0.6) is 0 Å². The summed E-state index contributed by atoms with van der Waals surface area (Å²) in [6.07, 6.45) is 0.754. The molecule has 1 aromatic carbocycles. The van der Waals surface area contributed by atoms with Gasteiger partial charge in [-0.25, -0.2) is 0 Å². The molecule has 1 aromatic rings. The van der Waals surface area contributed by atoms with Gasteiger partial charge in [0.2, 0.25) is 0 Å². The van der Waals surface area contributed by atoms with Crippen molar-refractivity contribution in [2.45, 2.75) is 6.42 Å². The molecule has 0 fully saturated rings. The Morgan fingerprint density at radius 2 is 2.11 bits per heavy atom. The maximum Gasteiger partial charge on any atom is 0.283 e. The second-order valence-electron chi connectivity index (χ2n) is 3.63. The lowest BCUT2D eigenvalue weighted by Gasteiger charge is -2.05. The van der Waals surface area contributed by atoms with Gasteiger partial charge in [0.05, 0.1) is 4.92 Å². The van der Waals surface area contributed by atoms with Gasteiger partial charge < -0.3 is 10.6 Å². The molecular formula is C11H15Cl2N3O3. The number of hydrogen-bond donors (Lipinski definition) is 2. The molecule has 0 saturated heterocycles. The van der Waals surface area contributed by atoms with Gasteiger partial charge in [-0.05, 0) is 32.1 Å². The quantitative estimate of drug-likeness (QED) is 0.478. The van der Waals surface area contributed by atoms with Gasteiger partial charge in [0.25, 0.3) is 11.6 Å². The number of halogens is 2. The molecule has 0 atom stereocenters. The maximum atomic E-state index is 11.8. The summed E-state index contributed by atoms with van der Waals surface area (Å²) in [6.45, 7) is 1.22. The third kappa shape index (κ3) is 5.42. The van der Waals surface area contributed by atoms with Gasteiger partial charge in [0, 0.05) is 17.6 Å². The number of benzene rings is 1. The average molecular weight is 308 g/mol. The van der Waals surface area contributed by atoms with Gasteiger partial charge in [-0.3, -0.25) is 14.9 Å². The van der Waals surface area contributed by atoms with Gasteiger partial charge in [-0.2, -0.15) is 0 Å². The van der Waals surface area contributed by atoms with Crippen LogP contribution in [0.25, 0.3) is 0 Å². The van der Waals surface area contributed by atoms with Gasteiger partial charge in [0.15, 0.2) is 0 Å². The number of nitro groups is 1. The molecule has 2 N–H and O–H groups in total. The molecule has 0 spiro atoms. The summed E-state index contributed by atoms with van der Waals surface area (Å²) in [5, 5.41) is 16.6. The van der Waals surface area contributed by atoms with E-state index >= 15 is 0 Å². The van der Waals surface area contributed by atoms with Crippen molar-refractivity contribution < 1.29 is 9.72 Å². The Hall–Kier alpha value is -1.37. The molecule has 19 heavy (non-hydrogen) atoms. The molecule has 6 nitrogen and oxygen atoms in total. The van der Waals surface area contributed by atoms with E-state index in [-0.39, 0.29) is 28.7 Å². The number of carbonyl (C=O) groups excluding carboxylic acids is 1. The van der Waals surface area contributed by atoms with Crippen LogP contribution in [0.3, 0.4) is 0 Å². The lowest BCUT2D eigenvalue weighted by molar-refractivity contribution is -0.385. The summed E-state index contributed by atoms with van der Waals surface area (Å²) >= 11 is 5.67. The zero-order valence-corrected chi connectivity index (χ0v) is 11.9. The van der Waals surface area contributed by atoms with Crippen LogP contribution in [0.15, 0.2) is 18.2 Å². The van der Waals surface area contributed by atoms with Crippen LogP contribution in [-0.4, -0.2) is 31.0 Å². The number of nitrogens with one attached hydrogen (secondary N) is 2. The topological polar surface area (TPSA) is 84.3 Å². The summed E-state index contributed by atoms with van der Waals surface area (Å²) in [4.78, 5) is 22.0. The fourth-order valence-electron chi connectivity index (χ4n) is 1.41. The van der Waals surface area contributed by atoms with Crippen molar-refractivity contribution in [3.8, 4) is 0 Å². The van der Waals surface area contributed by atoms with E-state index in [9.17, 15) is 14.9 Å². The first kappa shape index (κ1) is 17.6. The molecule has 0 aromatic heterocycles. The Bertz CT molecular complexity index is 455. The fourth-order valence-corrected chi connectivity index (χ4v) is 1.58. The number of rotatable bonds is 6. The lowest BCUT2D eigenvalue weighted by Crippen LogP contribution is -2.27. The summed E-state index contributed by atoms with van der Waals surface area (Å²) in [5.41, 5.74) is -0.262. The Labute approximate surface area is 122 Å². The molecule has 1 amide bonds. The summed E-state index contributed by atoms with van der Waals surface area (Å²) in [5.74, 6) is -0.463. The summed E-state index contributed by atoms with van der Waals surface area (Å²) in [7, 11) is 1.81. The second-order valence-corrected chi connectivity index (χ2v) is 4.07. The number of nitrogens with zero attached hydrogens (tertiary/aromatic N) is 1. The van der Waals surface area contributed by atoms with E-state index in [1.807, 2.05) is 7.05 Å². The predicted octanol–water partition coefficient (Wildman–Crippen LogP) is 2.01. The van der Waals surface area contributed by atoms with Gasteiger partial charge in [0.1, 0.15) is 5.56 Å². The third-order valence-corrected chi connectivity index (χ3v) is 2.53. The van der Waals surface area contributed by atoms with Crippen LogP contribution >= 0.6 is 24.0 Å². The first-order valence-corrected chi connectivity index (χ1v) is 5.80. The highest BCUT2D eigenvalue weighted by Crippen LogP contribution is 2.22. The normalized spacial score (nSPS) is 9.58. The minimum Gasteiger partial charge on any atom is -0.352 e. The van der Waals surface area contributed by atoms with Crippen LogP contribution in [0, 0.1) is 10.1 Å². The van der Waals surface area contributed by atoms with Crippen molar-refractivity contribution in [1.82, 2.24) is 10.6 Å². The highest BCUT2D eigenvalue weighted by molar-refractivity contribution is 6.31. The molecule has 0 aliphatic carbocycles. The maximum absolute atomic E-state index is 11.8. The van der Waals surface area contributed by atoms with E-state index in [1.54, 1.807) is 0 Å². The number of hydrogen-bond acceptors (Lipinski definition) is 4. The molecule has 0 aliphatic rings. The molecule has 0 heterocycles. The van der Waals surface area contributed by atoms with Crippen molar-refractivity contribution in [3.63, 3.8) is 0 Å². The highest BCUT2D eigenvalue weighted by atomic mass is 35.5. The number of nitro benzene ring substituents is 1. The molecule has 106 valence electrons. The van der Waals surface area contributed by atoms with E-state index in [1.165, 1.54) is 18.2 Å². The standard InChI is InChI=1S/C11H14ClN3O3.ClH/c1-13-5-2-6-14-11(16)9-4-3-8(12)7-10(9)15(17)18;/h3-4,7,13H,2,5-6H2,1H3,(H,14,16);1H. The number of carbonyl (C=O) groups is 1. The lowest BCUT2D eigenvalue weighted by atomic mass is 10.1. The van der Waals surface area contributed by atoms with Crippen molar-refractivity contribution >= 4 is 35.6 Å². The van der Waals surface area contributed by atoms with E-state index in [4.69, 9.17) is 11.6 Å². The zero-order valence-electron chi connectivity index (χ0n) is 10.3. The van der Waals surface area contributed by atoms with Crippen LogP contribution in [0.1, 0.15) is 16.8 Å². The smallest absolute Gasteiger partial charge is 0.283 e. The summed E-state index contributed by atoms with van der Waals surface area (Å²) in [6, 6.07) is 3.98. The van der Waals surface area contributed by atoms with Crippen LogP contribution in [-0.2, 0) is 0 Å². The third-order valence-electron chi connectivity index (χ3n) is 2.29. The van der Waals surface area contributed by atoms with E-state index in [2.05, 4.69) is 10.6 Å². The van der Waals surface area contributed by atoms with E-state index < -0.39 is 10.8 Å². The number of amides is 1. The average Bonchev–Trinajstić information content (AvgIpc) is 2.34. The second kappa shape index (κ2) is 8.68. The zero-order chi connectivity index (χ0) is 13.5. The first-order valence-electron chi connectivity index (χ1n) is 5.43. The molecule has 0 aliphatic heterocycles.